The summed E-state index contributed by atoms with van der Waals surface area (Å²) in [5.41, 5.74) is 0.695. The molecule has 0 aromatic rings. The molecule has 0 saturated carbocycles. The summed E-state index contributed by atoms with van der Waals surface area (Å²) < 4.78 is 41.7. The van der Waals surface area contributed by atoms with Crippen LogP contribution < -0.4 is 0 Å². The van der Waals surface area contributed by atoms with Gasteiger partial charge in [0.25, 0.3) is 0 Å². The Morgan fingerprint density at radius 3 is 2.16 bits per heavy atom. The molecule has 0 spiro atoms. The lowest BCUT2D eigenvalue weighted by molar-refractivity contribution is -0.304. The number of aliphatic hydroxyl groups excluding tert-OH is 4. The molecule has 318 valence electrons. The quantitative estimate of drug-likeness (QED) is 0.128. The number of likely N-dealkylation sites (N-methyl/N-ethyl adjacent to an activating group) is 1. The Labute approximate surface area is 331 Å². The van der Waals surface area contributed by atoms with Gasteiger partial charge in [-0.1, -0.05) is 44.6 Å². The first-order valence-corrected chi connectivity index (χ1v) is 19.4. The van der Waals surface area contributed by atoms with Gasteiger partial charge in [0.05, 0.1) is 43.1 Å². The van der Waals surface area contributed by atoms with Crippen LogP contribution in [0.25, 0.3) is 0 Å². The standard InChI is InChI=1S/C41H65NO14/c1-11-31-28(21-52-41-39(51-10)38(50-9)35(48)26(6)54-41)18-22(2)15-16-29(44)23(3)19-27(14-12-13-17-43)37(24(4)30(45)20-32(46)55-31)56-40-36(49)33(42(7)8)34(47)25(5)53-40/h12-13,15-18,20,23-28,31,33-41,45,47-49H,11,14,19,21H2,1-10H3/b13-12+,16-15+,22-18+,30-20-/t23-,24+,25?,26-,27+,28-,31-,33-,34+,35-,36+,37-,38-,39-,40-,41-/m1/s1. The van der Waals surface area contributed by atoms with Crippen LogP contribution in [0.4, 0.5) is 0 Å². The summed E-state index contributed by atoms with van der Waals surface area (Å²) in [6.07, 6.45) is 0.441. The van der Waals surface area contributed by atoms with Gasteiger partial charge in [-0.05, 0) is 72.2 Å². The van der Waals surface area contributed by atoms with Crippen LogP contribution in [0.2, 0.25) is 0 Å². The van der Waals surface area contributed by atoms with Gasteiger partial charge in [0.2, 0.25) is 0 Å². The van der Waals surface area contributed by atoms with Crippen LogP contribution >= 0.6 is 0 Å². The van der Waals surface area contributed by atoms with Crippen molar-refractivity contribution in [2.45, 2.75) is 134 Å². The van der Waals surface area contributed by atoms with Gasteiger partial charge in [0.1, 0.15) is 42.6 Å². The number of hydrogen-bond acceptors (Lipinski definition) is 15. The predicted octanol–water partition coefficient (Wildman–Crippen LogP) is 2.81. The van der Waals surface area contributed by atoms with Crippen molar-refractivity contribution in [3.05, 3.63) is 47.8 Å². The van der Waals surface area contributed by atoms with Crippen molar-refractivity contribution in [3.8, 4) is 0 Å². The maximum atomic E-state index is 13.6. The highest BCUT2D eigenvalue weighted by atomic mass is 16.7. The molecular weight excluding hydrogens is 730 g/mol. The molecule has 15 heteroatoms. The van der Waals surface area contributed by atoms with Crippen LogP contribution in [-0.2, 0) is 47.5 Å². The van der Waals surface area contributed by atoms with E-state index in [0.717, 1.165) is 6.08 Å². The second kappa shape index (κ2) is 22.4. The first-order chi connectivity index (χ1) is 26.5. The number of aliphatic hydroxyl groups is 4. The number of ether oxygens (including phenoxy) is 7. The number of carbonyl (C=O) groups is 3. The first kappa shape index (κ1) is 47.5. The molecule has 1 unspecified atom stereocenters. The summed E-state index contributed by atoms with van der Waals surface area (Å²) in [7, 11) is 6.36. The highest BCUT2D eigenvalue weighted by Gasteiger charge is 2.47. The van der Waals surface area contributed by atoms with E-state index in [0.29, 0.717) is 18.3 Å². The Kier molecular flexibility index (Phi) is 19.0. The fraction of sp³-hybridized carbons (Fsp3) is 0.732. The van der Waals surface area contributed by atoms with Crippen molar-refractivity contribution in [2.24, 2.45) is 23.7 Å². The molecule has 3 rings (SSSR count). The minimum absolute atomic E-state index is 0.00608. The van der Waals surface area contributed by atoms with Crippen LogP contribution in [0.3, 0.4) is 0 Å². The molecule has 16 atom stereocenters. The third-order valence-electron chi connectivity index (χ3n) is 11.1. The van der Waals surface area contributed by atoms with Crippen LogP contribution in [0.15, 0.2) is 47.8 Å². The van der Waals surface area contributed by atoms with E-state index in [4.69, 9.17) is 33.2 Å². The lowest BCUT2D eigenvalue weighted by atomic mass is 9.81. The fourth-order valence-electron chi connectivity index (χ4n) is 7.73. The molecule has 56 heavy (non-hydrogen) atoms. The smallest absolute Gasteiger partial charge is 0.334 e. The molecule has 3 heterocycles. The Balaban J connectivity index is 2.04. The molecule has 4 N–H and O–H groups in total. The number of cyclic esters (lactones) is 1. The average Bonchev–Trinajstić information content (AvgIpc) is 3.15. The number of carbonyl (C=O) groups excluding carboxylic acids is 3. The lowest BCUT2D eigenvalue weighted by Crippen LogP contribution is -2.63. The van der Waals surface area contributed by atoms with Crippen molar-refractivity contribution in [2.75, 3.05) is 34.9 Å². The molecular formula is C41H65NO14. The van der Waals surface area contributed by atoms with Crippen molar-refractivity contribution < 1.29 is 68.0 Å². The molecule has 2 fully saturated rings. The summed E-state index contributed by atoms with van der Waals surface area (Å²) >= 11 is 0. The van der Waals surface area contributed by atoms with Crippen molar-refractivity contribution in [3.63, 3.8) is 0 Å². The molecule has 0 aromatic heterocycles. The molecule has 0 radical (unpaired) electrons. The van der Waals surface area contributed by atoms with Gasteiger partial charge in [-0.15, -0.1) is 0 Å². The van der Waals surface area contributed by atoms with E-state index < -0.39 is 103 Å². The minimum Gasteiger partial charge on any atom is -0.512 e. The van der Waals surface area contributed by atoms with Crippen LogP contribution in [0.5, 0.6) is 0 Å². The number of allylic oxidation sites excluding steroid dienone is 5. The highest BCUT2D eigenvalue weighted by Crippen LogP contribution is 2.35. The van der Waals surface area contributed by atoms with Crippen LogP contribution in [-0.4, -0.2) is 152 Å². The first-order valence-electron chi connectivity index (χ1n) is 19.4. The molecule has 0 aromatic carbocycles. The third-order valence-corrected chi connectivity index (χ3v) is 11.1. The summed E-state index contributed by atoms with van der Waals surface area (Å²) in [6, 6.07) is -0.746. The van der Waals surface area contributed by atoms with Crippen LogP contribution in [0.1, 0.15) is 60.8 Å². The van der Waals surface area contributed by atoms with E-state index in [1.165, 1.54) is 26.4 Å². The second-order valence-corrected chi connectivity index (χ2v) is 15.4. The molecule has 3 aliphatic heterocycles. The summed E-state index contributed by atoms with van der Waals surface area (Å²) in [5.74, 6) is -3.90. The zero-order chi connectivity index (χ0) is 41.9. The second-order valence-electron chi connectivity index (χ2n) is 15.4. The van der Waals surface area contributed by atoms with E-state index in [1.807, 2.05) is 19.9 Å². The van der Waals surface area contributed by atoms with Crippen molar-refractivity contribution in [1.29, 1.82) is 0 Å². The van der Waals surface area contributed by atoms with Gasteiger partial charge >= 0.3 is 5.97 Å². The van der Waals surface area contributed by atoms with Crippen molar-refractivity contribution in [1.82, 2.24) is 4.90 Å². The Morgan fingerprint density at radius 2 is 1.55 bits per heavy atom. The van der Waals surface area contributed by atoms with E-state index in [2.05, 4.69) is 0 Å². The fourth-order valence-corrected chi connectivity index (χ4v) is 7.73. The summed E-state index contributed by atoms with van der Waals surface area (Å²) in [6.45, 7) is 10.4. The number of ketones is 1. The zero-order valence-corrected chi connectivity index (χ0v) is 34.4. The number of aldehydes is 1. The molecule has 3 aliphatic rings. The van der Waals surface area contributed by atoms with Crippen molar-refractivity contribution >= 4 is 18.0 Å². The lowest BCUT2D eigenvalue weighted by Gasteiger charge is -2.46. The monoisotopic (exact) mass is 795 g/mol. The molecule has 15 nitrogen and oxygen atoms in total. The van der Waals surface area contributed by atoms with Gasteiger partial charge < -0.3 is 58.5 Å². The Morgan fingerprint density at radius 1 is 0.911 bits per heavy atom. The SMILES string of the molecule is CC[C@H]1OC(=O)/C=C(\O)[C@H](C)[C@@H](O[C@H]2OC(C)[C@H](O)[C@@H](N(C)C)[C@@H]2O)[C@@H](C/C=C/C=O)C[C@@H](C)C(=O)/C=C/C(C)=C/[C@@H]1CO[C@@H]1O[C@H](C)[C@@H](O)[C@@H](OC)[C@H]1OC. The molecule has 0 bridgehead atoms. The minimum atomic E-state index is -1.31. The number of rotatable bonds is 12. The van der Waals surface area contributed by atoms with E-state index >= 15 is 0 Å². The predicted molar refractivity (Wildman–Crippen MR) is 205 cm³/mol. The van der Waals surface area contributed by atoms with E-state index in [1.54, 1.807) is 58.8 Å². The molecule has 0 aliphatic carbocycles. The summed E-state index contributed by atoms with van der Waals surface area (Å²) in [4.78, 5) is 40.1. The number of hydrogen-bond donors (Lipinski definition) is 4. The molecule has 2 saturated heterocycles. The highest BCUT2D eigenvalue weighted by molar-refractivity contribution is 5.91. The Hall–Kier alpha value is -2.83. The number of nitrogens with zero attached hydrogens (tertiary/aromatic N) is 1. The topological polar surface area (TPSA) is 200 Å². The maximum Gasteiger partial charge on any atom is 0.334 e. The third kappa shape index (κ3) is 12.3. The van der Waals surface area contributed by atoms with Gasteiger partial charge in [-0.3, -0.25) is 9.59 Å². The normalized spacial score (nSPS) is 42.1. The molecule has 0 amide bonds. The van der Waals surface area contributed by atoms with E-state index in [9.17, 15) is 34.8 Å². The average molecular weight is 796 g/mol. The van der Waals surface area contributed by atoms with Gasteiger partial charge in [-0.2, -0.15) is 0 Å². The van der Waals surface area contributed by atoms with Gasteiger partial charge in [-0.25, -0.2) is 4.79 Å². The number of esters is 1. The zero-order valence-electron chi connectivity index (χ0n) is 34.4. The number of methoxy groups -OCH3 is 2. The van der Waals surface area contributed by atoms with Gasteiger partial charge in [0, 0.05) is 32.0 Å². The maximum absolute atomic E-state index is 13.6. The van der Waals surface area contributed by atoms with Crippen LogP contribution in [0, 0.1) is 23.7 Å². The van der Waals surface area contributed by atoms with E-state index in [-0.39, 0.29) is 31.0 Å². The van der Waals surface area contributed by atoms with Gasteiger partial charge in [0.15, 0.2) is 18.4 Å². The summed E-state index contributed by atoms with van der Waals surface area (Å²) in [5, 5.41) is 44.3. The largest absolute Gasteiger partial charge is 0.512 e. The Bertz CT molecular complexity index is 1400.